The Bertz CT molecular complexity index is 284. The molecule has 1 aromatic rings. The predicted molar refractivity (Wildman–Crippen MR) is 53.4 cm³/mol. The van der Waals surface area contributed by atoms with E-state index in [2.05, 4.69) is 0 Å². The van der Waals surface area contributed by atoms with Gasteiger partial charge in [-0.25, -0.2) is 0 Å². The molecular weight excluding hydrogens is 164 g/mol. The van der Waals surface area contributed by atoms with E-state index < -0.39 is 0 Å². The highest BCUT2D eigenvalue weighted by Crippen LogP contribution is 2.22. The van der Waals surface area contributed by atoms with E-state index in [9.17, 15) is 5.11 Å². The quantitative estimate of drug-likeness (QED) is 0.727. The van der Waals surface area contributed by atoms with Gasteiger partial charge in [-0.1, -0.05) is 18.2 Å². The van der Waals surface area contributed by atoms with E-state index in [1.54, 1.807) is 0 Å². The third-order valence-electron chi connectivity index (χ3n) is 1.91. The number of rotatable bonds is 3. The molecule has 13 heavy (non-hydrogen) atoms. The molecule has 0 unspecified atom stereocenters. The normalized spacial score (nSPS) is 10.8. The molecule has 0 aliphatic carbocycles. The highest BCUT2D eigenvalue weighted by atomic mass is 16.3. The van der Waals surface area contributed by atoms with Crippen LogP contribution in [0.1, 0.15) is 11.1 Å². The Kier molecular flexibility index (Phi) is 3.28. The second-order valence-corrected chi connectivity index (χ2v) is 3.37. The Labute approximate surface area is 78.8 Å². The molecule has 1 rings (SSSR count). The number of aromatic hydroxyl groups is 1. The van der Waals surface area contributed by atoms with Crippen molar-refractivity contribution in [2.75, 3.05) is 14.1 Å². The molecule has 0 amide bonds. The van der Waals surface area contributed by atoms with Crippen LogP contribution in [0.4, 0.5) is 0 Å². The second kappa shape index (κ2) is 4.25. The first-order valence-corrected chi connectivity index (χ1v) is 4.29. The van der Waals surface area contributed by atoms with E-state index in [-0.39, 0.29) is 0 Å². The summed E-state index contributed by atoms with van der Waals surface area (Å²) in [5.41, 5.74) is 7.21. The largest absolute Gasteiger partial charge is 0.507 e. The van der Waals surface area contributed by atoms with Gasteiger partial charge in [-0.15, -0.1) is 0 Å². The standard InChI is InChI=1S/C10H16N2O/c1-12(2)7-9-5-3-4-8(6-11)10(9)13/h3-5,13H,6-7,11H2,1-2H3. The summed E-state index contributed by atoms with van der Waals surface area (Å²) in [5.74, 6) is 0.332. The van der Waals surface area contributed by atoms with E-state index in [0.29, 0.717) is 12.3 Å². The minimum Gasteiger partial charge on any atom is -0.507 e. The highest BCUT2D eigenvalue weighted by molar-refractivity contribution is 5.40. The third-order valence-corrected chi connectivity index (χ3v) is 1.91. The fourth-order valence-electron chi connectivity index (χ4n) is 1.28. The molecule has 0 radical (unpaired) electrons. The van der Waals surface area contributed by atoms with E-state index in [4.69, 9.17) is 5.73 Å². The van der Waals surface area contributed by atoms with Crippen molar-refractivity contribution in [2.45, 2.75) is 13.1 Å². The third kappa shape index (κ3) is 2.44. The average molecular weight is 180 g/mol. The van der Waals surface area contributed by atoms with E-state index in [0.717, 1.165) is 17.7 Å². The van der Waals surface area contributed by atoms with Crippen molar-refractivity contribution in [3.8, 4) is 5.75 Å². The Balaban J connectivity index is 2.94. The van der Waals surface area contributed by atoms with Crippen LogP contribution in [0, 0.1) is 0 Å². The van der Waals surface area contributed by atoms with Gasteiger partial charge in [0.2, 0.25) is 0 Å². The summed E-state index contributed by atoms with van der Waals surface area (Å²) in [5, 5.41) is 9.73. The summed E-state index contributed by atoms with van der Waals surface area (Å²) in [4.78, 5) is 2.01. The maximum atomic E-state index is 9.73. The molecule has 0 aliphatic rings. The van der Waals surface area contributed by atoms with E-state index in [1.165, 1.54) is 0 Å². The Hall–Kier alpha value is -1.06. The summed E-state index contributed by atoms with van der Waals surface area (Å²) < 4.78 is 0. The van der Waals surface area contributed by atoms with Crippen molar-refractivity contribution in [1.82, 2.24) is 4.90 Å². The van der Waals surface area contributed by atoms with Crippen LogP contribution in [0.5, 0.6) is 5.75 Å². The monoisotopic (exact) mass is 180 g/mol. The summed E-state index contributed by atoms with van der Waals surface area (Å²) in [6, 6.07) is 5.67. The van der Waals surface area contributed by atoms with Crippen LogP contribution in [0.3, 0.4) is 0 Å². The van der Waals surface area contributed by atoms with Gasteiger partial charge < -0.3 is 15.7 Å². The van der Waals surface area contributed by atoms with Gasteiger partial charge in [0, 0.05) is 24.2 Å². The molecule has 1 aromatic carbocycles. The smallest absolute Gasteiger partial charge is 0.124 e. The lowest BCUT2D eigenvalue weighted by molar-refractivity contribution is 0.384. The summed E-state index contributed by atoms with van der Waals surface area (Å²) in [7, 11) is 3.93. The topological polar surface area (TPSA) is 49.5 Å². The van der Waals surface area contributed by atoms with Crippen LogP contribution in [-0.4, -0.2) is 24.1 Å². The molecular formula is C10H16N2O. The molecule has 3 nitrogen and oxygen atoms in total. The molecule has 72 valence electrons. The van der Waals surface area contributed by atoms with Gasteiger partial charge >= 0.3 is 0 Å². The van der Waals surface area contributed by atoms with Crippen LogP contribution < -0.4 is 5.73 Å². The zero-order valence-corrected chi connectivity index (χ0v) is 8.12. The Morgan fingerprint density at radius 1 is 1.31 bits per heavy atom. The maximum absolute atomic E-state index is 9.73. The van der Waals surface area contributed by atoms with Gasteiger partial charge in [-0.3, -0.25) is 0 Å². The zero-order chi connectivity index (χ0) is 9.84. The first-order valence-electron chi connectivity index (χ1n) is 4.29. The number of nitrogens with two attached hydrogens (primary N) is 1. The second-order valence-electron chi connectivity index (χ2n) is 3.37. The van der Waals surface area contributed by atoms with Crippen molar-refractivity contribution in [3.63, 3.8) is 0 Å². The van der Waals surface area contributed by atoms with Crippen LogP contribution in [0.15, 0.2) is 18.2 Å². The fourth-order valence-corrected chi connectivity index (χ4v) is 1.28. The molecule has 0 fully saturated rings. The Morgan fingerprint density at radius 2 is 1.92 bits per heavy atom. The fraction of sp³-hybridized carbons (Fsp3) is 0.400. The molecule has 0 heterocycles. The van der Waals surface area contributed by atoms with Crippen molar-refractivity contribution in [2.24, 2.45) is 5.73 Å². The number of hydrogen-bond donors (Lipinski definition) is 2. The first-order chi connectivity index (χ1) is 6.15. The van der Waals surface area contributed by atoms with E-state index >= 15 is 0 Å². The highest BCUT2D eigenvalue weighted by Gasteiger charge is 2.05. The summed E-state index contributed by atoms with van der Waals surface area (Å²) in [6.45, 7) is 1.12. The Morgan fingerprint density at radius 3 is 2.46 bits per heavy atom. The zero-order valence-electron chi connectivity index (χ0n) is 8.12. The molecule has 0 aliphatic heterocycles. The van der Waals surface area contributed by atoms with Crippen molar-refractivity contribution in [1.29, 1.82) is 0 Å². The molecule has 3 N–H and O–H groups in total. The van der Waals surface area contributed by atoms with Crippen LogP contribution in [0.25, 0.3) is 0 Å². The lowest BCUT2D eigenvalue weighted by Gasteiger charge is -2.12. The van der Waals surface area contributed by atoms with Gasteiger partial charge in [0.25, 0.3) is 0 Å². The van der Waals surface area contributed by atoms with Crippen LogP contribution >= 0.6 is 0 Å². The number of benzene rings is 1. The average Bonchev–Trinajstić information content (AvgIpc) is 2.08. The number of para-hydroxylation sites is 1. The van der Waals surface area contributed by atoms with Crippen molar-refractivity contribution in [3.05, 3.63) is 29.3 Å². The minimum absolute atomic E-state index is 0.332. The molecule has 3 heteroatoms. The lowest BCUT2D eigenvalue weighted by Crippen LogP contribution is -2.11. The van der Waals surface area contributed by atoms with Crippen LogP contribution in [-0.2, 0) is 13.1 Å². The molecule has 0 aromatic heterocycles. The molecule has 0 spiro atoms. The van der Waals surface area contributed by atoms with Crippen molar-refractivity contribution < 1.29 is 5.11 Å². The van der Waals surface area contributed by atoms with Gasteiger partial charge in [-0.2, -0.15) is 0 Å². The summed E-state index contributed by atoms with van der Waals surface area (Å²) in [6.07, 6.45) is 0. The SMILES string of the molecule is CN(C)Cc1cccc(CN)c1O. The lowest BCUT2D eigenvalue weighted by atomic mass is 10.1. The van der Waals surface area contributed by atoms with E-state index in [1.807, 2.05) is 37.2 Å². The van der Waals surface area contributed by atoms with Gasteiger partial charge in [-0.05, 0) is 14.1 Å². The van der Waals surface area contributed by atoms with Gasteiger partial charge in [0.05, 0.1) is 0 Å². The predicted octanol–water partition coefficient (Wildman–Crippen LogP) is 0.912. The summed E-state index contributed by atoms with van der Waals surface area (Å²) >= 11 is 0. The minimum atomic E-state index is 0.332. The molecule has 0 saturated carbocycles. The molecule has 0 saturated heterocycles. The number of nitrogens with zero attached hydrogens (tertiary/aromatic N) is 1. The molecule has 0 bridgehead atoms. The number of hydrogen-bond acceptors (Lipinski definition) is 3. The number of phenolic OH excluding ortho intramolecular Hbond substituents is 1. The van der Waals surface area contributed by atoms with Crippen LogP contribution in [0.2, 0.25) is 0 Å². The van der Waals surface area contributed by atoms with Crippen molar-refractivity contribution >= 4 is 0 Å². The molecule has 0 atom stereocenters. The van der Waals surface area contributed by atoms with Gasteiger partial charge in [0.15, 0.2) is 0 Å². The van der Waals surface area contributed by atoms with Gasteiger partial charge in [0.1, 0.15) is 5.75 Å². The maximum Gasteiger partial charge on any atom is 0.124 e. The first kappa shape index (κ1) is 10.0. The number of phenols is 1.